The van der Waals surface area contributed by atoms with E-state index in [0.717, 1.165) is 66.2 Å². The van der Waals surface area contributed by atoms with Crippen LogP contribution < -0.4 is 14.2 Å². The molecule has 27 heavy (non-hydrogen) atoms. The van der Waals surface area contributed by atoms with Gasteiger partial charge in [-0.3, -0.25) is 0 Å². The molecule has 2 rings (SSSR count). The van der Waals surface area contributed by atoms with Crippen molar-refractivity contribution >= 4 is 0 Å². The van der Waals surface area contributed by atoms with Crippen LogP contribution in [-0.2, 0) is 12.8 Å². The molecule has 1 aromatic heterocycles. The first-order valence-electron chi connectivity index (χ1n) is 9.90. The predicted octanol–water partition coefficient (Wildman–Crippen LogP) is 5.24. The maximum atomic E-state index is 6.23. The summed E-state index contributed by atoms with van der Waals surface area (Å²) in [6.07, 6.45) is 4.80. The minimum absolute atomic E-state index is 0.181. The van der Waals surface area contributed by atoms with Gasteiger partial charge in [0.25, 0.3) is 0 Å². The summed E-state index contributed by atoms with van der Waals surface area (Å²) in [5.41, 5.74) is 3.57. The number of methoxy groups -OCH3 is 2. The second-order valence-electron chi connectivity index (χ2n) is 6.48. The first kappa shape index (κ1) is 21.0. The van der Waals surface area contributed by atoms with Crippen molar-refractivity contribution in [2.75, 3.05) is 14.2 Å². The van der Waals surface area contributed by atoms with Gasteiger partial charge in [0.05, 0.1) is 25.6 Å². The third-order valence-electron chi connectivity index (χ3n) is 4.68. The normalized spacial score (nSPS) is 11.9. The Hall–Kier alpha value is -2.30. The van der Waals surface area contributed by atoms with E-state index in [1.54, 1.807) is 14.2 Å². The van der Waals surface area contributed by atoms with Gasteiger partial charge in [-0.15, -0.1) is 0 Å². The Morgan fingerprint density at radius 1 is 0.926 bits per heavy atom. The van der Waals surface area contributed by atoms with Crippen molar-refractivity contribution < 1.29 is 14.2 Å². The molecule has 5 heteroatoms. The van der Waals surface area contributed by atoms with Gasteiger partial charge in [0.2, 0.25) is 5.88 Å². The van der Waals surface area contributed by atoms with Crippen molar-refractivity contribution in [1.29, 1.82) is 0 Å². The van der Waals surface area contributed by atoms with Crippen LogP contribution >= 0.6 is 0 Å². The minimum Gasteiger partial charge on any atom is -0.497 e. The molecule has 0 amide bonds. The Morgan fingerprint density at radius 3 is 2.22 bits per heavy atom. The number of rotatable bonds is 10. The molecular weight excluding hydrogens is 340 g/mol. The lowest BCUT2D eigenvalue weighted by molar-refractivity contribution is 0.175. The number of aromatic nitrogens is 2. The Labute approximate surface area is 163 Å². The van der Waals surface area contributed by atoms with E-state index in [2.05, 4.69) is 27.7 Å². The van der Waals surface area contributed by atoms with Crippen molar-refractivity contribution in [2.45, 2.75) is 65.9 Å². The molecule has 0 saturated heterocycles. The molecule has 1 aromatic carbocycles. The molecule has 1 heterocycles. The van der Waals surface area contributed by atoms with Crippen LogP contribution in [0.4, 0.5) is 0 Å². The quantitative estimate of drug-likeness (QED) is 0.570. The molecule has 0 bridgehead atoms. The molecule has 0 spiro atoms. The molecule has 0 aliphatic rings. The minimum atomic E-state index is 0.181. The van der Waals surface area contributed by atoms with E-state index >= 15 is 0 Å². The number of benzene rings is 1. The van der Waals surface area contributed by atoms with Gasteiger partial charge in [0, 0.05) is 11.6 Å². The summed E-state index contributed by atoms with van der Waals surface area (Å²) in [4.78, 5) is 9.79. The Kier molecular flexibility index (Phi) is 7.89. The highest BCUT2D eigenvalue weighted by atomic mass is 16.5. The van der Waals surface area contributed by atoms with Crippen LogP contribution in [0, 0.1) is 0 Å². The van der Waals surface area contributed by atoms with Crippen LogP contribution in [0.1, 0.15) is 58.3 Å². The van der Waals surface area contributed by atoms with Crippen LogP contribution in [0.25, 0.3) is 11.3 Å². The van der Waals surface area contributed by atoms with Gasteiger partial charge in [-0.2, -0.15) is 0 Å². The van der Waals surface area contributed by atoms with Gasteiger partial charge in [-0.05, 0) is 37.8 Å². The first-order valence-corrected chi connectivity index (χ1v) is 9.90. The fourth-order valence-corrected chi connectivity index (χ4v) is 3.09. The lowest BCUT2D eigenvalue weighted by Gasteiger charge is -2.20. The standard InChI is InChI=1S/C22H32N2O3/c1-7-11-15(8-2)27-22-19(10-4)23-21(18(9-3)24-22)17-13-12-16(25-5)14-20(17)26-6/h12-15H,7-11H2,1-6H3. The van der Waals surface area contributed by atoms with E-state index in [4.69, 9.17) is 24.2 Å². The molecule has 0 radical (unpaired) electrons. The maximum Gasteiger partial charge on any atom is 0.236 e. The third-order valence-corrected chi connectivity index (χ3v) is 4.68. The molecule has 0 aliphatic heterocycles. The summed E-state index contributed by atoms with van der Waals surface area (Å²) in [6, 6.07) is 5.77. The maximum absolute atomic E-state index is 6.23. The number of ether oxygens (including phenoxy) is 3. The summed E-state index contributed by atoms with van der Waals surface area (Å²) in [7, 11) is 3.31. The average Bonchev–Trinajstić information content (AvgIpc) is 2.72. The zero-order valence-electron chi connectivity index (χ0n) is 17.5. The summed E-state index contributed by atoms with van der Waals surface area (Å²) < 4.78 is 17.1. The van der Waals surface area contributed by atoms with E-state index in [1.807, 2.05) is 18.2 Å². The van der Waals surface area contributed by atoms with E-state index in [0.29, 0.717) is 5.88 Å². The largest absolute Gasteiger partial charge is 0.497 e. The molecule has 0 aliphatic carbocycles. The highest BCUT2D eigenvalue weighted by Crippen LogP contribution is 2.35. The van der Waals surface area contributed by atoms with Gasteiger partial charge in [-0.25, -0.2) is 9.97 Å². The first-order chi connectivity index (χ1) is 13.1. The SMILES string of the molecule is CCCC(CC)Oc1nc(CC)c(-c2ccc(OC)cc2OC)nc1CC. The van der Waals surface area contributed by atoms with E-state index in [1.165, 1.54) is 0 Å². The fourth-order valence-electron chi connectivity index (χ4n) is 3.09. The summed E-state index contributed by atoms with van der Waals surface area (Å²) in [5, 5.41) is 0. The van der Waals surface area contributed by atoms with Crippen LogP contribution in [0.2, 0.25) is 0 Å². The molecule has 2 aromatic rings. The average molecular weight is 373 g/mol. The van der Waals surface area contributed by atoms with Gasteiger partial charge >= 0.3 is 0 Å². The molecule has 0 fully saturated rings. The van der Waals surface area contributed by atoms with E-state index < -0.39 is 0 Å². The molecule has 1 atom stereocenters. The number of nitrogens with zero attached hydrogens (tertiary/aromatic N) is 2. The number of hydrogen-bond acceptors (Lipinski definition) is 5. The van der Waals surface area contributed by atoms with Crippen LogP contribution in [0.15, 0.2) is 18.2 Å². The predicted molar refractivity (Wildman–Crippen MR) is 109 cm³/mol. The summed E-state index contributed by atoms with van der Waals surface area (Å²) in [5.74, 6) is 2.15. The van der Waals surface area contributed by atoms with Gasteiger partial charge in [0.1, 0.15) is 23.3 Å². The third kappa shape index (κ3) is 4.90. The lowest BCUT2D eigenvalue weighted by atomic mass is 10.1. The van der Waals surface area contributed by atoms with Gasteiger partial charge < -0.3 is 14.2 Å². The zero-order chi connectivity index (χ0) is 19.8. The van der Waals surface area contributed by atoms with Crippen molar-refractivity contribution in [3.05, 3.63) is 29.6 Å². The second kappa shape index (κ2) is 10.1. The zero-order valence-corrected chi connectivity index (χ0v) is 17.5. The van der Waals surface area contributed by atoms with Crippen LogP contribution in [0.5, 0.6) is 17.4 Å². The molecular formula is C22H32N2O3. The van der Waals surface area contributed by atoms with Crippen molar-refractivity contribution in [2.24, 2.45) is 0 Å². The highest BCUT2D eigenvalue weighted by molar-refractivity contribution is 5.70. The Morgan fingerprint density at radius 2 is 1.67 bits per heavy atom. The number of aryl methyl sites for hydroxylation is 2. The Bertz CT molecular complexity index is 747. The topological polar surface area (TPSA) is 53.5 Å². The van der Waals surface area contributed by atoms with Gasteiger partial charge in [0.15, 0.2) is 0 Å². The van der Waals surface area contributed by atoms with Crippen molar-refractivity contribution in [1.82, 2.24) is 9.97 Å². The Balaban J connectivity index is 2.52. The monoisotopic (exact) mass is 372 g/mol. The van der Waals surface area contributed by atoms with Crippen LogP contribution in [0.3, 0.4) is 0 Å². The highest BCUT2D eigenvalue weighted by Gasteiger charge is 2.19. The van der Waals surface area contributed by atoms with E-state index in [9.17, 15) is 0 Å². The summed E-state index contributed by atoms with van der Waals surface area (Å²) in [6.45, 7) is 8.49. The van der Waals surface area contributed by atoms with E-state index in [-0.39, 0.29) is 6.10 Å². The van der Waals surface area contributed by atoms with Crippen molar-refractivity contribution in [3.8, 4) is 28.6 Å². The summed E-state index contributed by atoms with van der Waals surface area (Å²) >= 11 is 0. The smallest absolute Gasteiger partial charge is 0.236 e. The number of hydrogen-bond donors (Lipinski definition) is 0. The molecule has 1 unspecified atom stereocenters. The van der Waals surface area contributed by atoms with Gasteiger partial charge in [-0.1, -0.05) is 34.1 Å². The molecule has 0 N–H and O–H groups in total. The molecule has 0 saturated carbocycles. The molecule has 5 nitrogen and oxygen atoms in total. The van der Waals surface area contributed by atoms with Crippen LogP contribution in [-0.4, -0.2) is 30.3 Å². The van der Waals surface area contributed by atoms with Crippen molar-refractivity contribution in [3.63, 3.8) is 0 Å². The fraction of sp³-hybridized carbons (Fsp3) is 0.545. The second-order valence-corrected chi connectivity index (χ2v) is 6.48. The molecule has 148 valence electrons. The lowest BCUT2D eigenvalue weighted by Crippen LogP contribution is -2.18.